The molecule has 1 heterocycles. The van der Waals surface area contributed by atoms with Crippen molar-refractivity contribution in [2.45, 2.75) is 6.92 Å². The number of carbonyl (C=O) groups excluding carboxylic acids is 2. The molecule has 2 aromatic rings. The van der Waals surface area contributed by atoms with Crippen molar-refractivity contribution in [2.24, 2.45) is 5.73 Å². The molecule has 3 N–H and O–H groups in total. The normalized spacial score (nSPS) is 10.3. The van der Waals surface area contributed by atoms with Crippen molar-refractivity contribution in [1.82, 2.24) is 15.4 Å². The van der Waals surface area contributed by atoms with Gasteiger partial charge in [0, 0.05) is 5.56 Å². The topological polar surface area (TPSA) is 120 Å². The van der Waals surface area contributed by atoms with Crippen LogP contribution in [-0.2, 0) is 9.53 Å². The smallest absolute Gasteiger partial charge is 0.361 e. The molecular formula is C13H13ClN4O4. The lowest BCUT2D eigenvalue weighted by Gasteiger charge is -2.07. The number of nitrogens with two attached hydrogens (primary N) is 1. The number of rotatable bonds is 6. The third-order valence-electron chi connectivity index (χ3n) is 2.59. The van der Waals surface area contributed by atoms with E-state index in [4.69, 9.17) is 26.8 Å². The summed E-state index contributed by atoms with van der Waals surface area (Å²) in [5.74, 6) is -0.900. The van der Waals surface area contributed by atoms with Crippen molar-refractivity contribution in [2.75, 3.05) is 13.2 Å². The van der Waals surface area contributed by atoms with Crippen LogP contribution in [0.15, 0.2) is 18.2 Å². The number of hydrogen-bond donors (Lipinski definition) is 2. The molecule has 2 rings (SSSR count). The number of halogens is 1. The molecule has 8 nitrogen and oxygen atoms in total. The van der Waals surface area contributed by atoms with Gasteiger partial charge in [-0.25, -0.2) is 4.79 Å². The van der Waals surface area contributed by atoms with Gasteiger partial charge in [-0.1, -0.05) is 11.6 Å². The molecule has 0 saturated heterocycles. The summed E-state index contributed by atoms with van der Waals surface area (Å²) in [5, 5.41) is 10.3. The fraction of sp³-hybridized carbons (Fsp3) is 0.231. The number of aromatic nitrogens is 3. The van der Waals surface area contributed by atoms with Crippen LogP contribution in [0.4, 0.5) is 0 Å². The van der Waals surface area contributed by atoms with Crippen LogP contribution in [0, 0.1) is 0 Å². The number of nitrogens with one attached hydrogen (secondary N) is 1. The lowest BCUT2D eigenvalue weighted by molar-refractivity contribution is -0.119. The third-order valence-corrected chi connectivity index (χ3v) is 2.89. The van der Waals surface area contributed by atoms with Gasteiger partial charge in [0.1, 0.15) is 11.4 Å². The molecule has 9 heteroatoms. The molecule has 0 aliphatic rings. The summed E-state index contributed by atoms with van der Waals surface area (Å²) in [6.07, 6.45) is 0. The monoisotopic (exact) mass is 324 g/mol. The summed E-state index contributed by atoms with van der Waals surface area (Å²) >= 11 is 6.07. The Bertz CT molecular complexity index is 701. The average Bonchev–Trinajstić information content (AvgIpc) is 2.95. The maximum Gasteiger partial charge on any atom is 0.361 e. The highest BCUT2D eigenvalue weighted by Crippen LogP contribution is 2.30. The van der Waals surface area contributed by atoms with E-state index in [0.717, 1.165) is 0 Å². The number of aromatic amines is 1. The van der Waals surface area contributed by atoms with Gasteiger partial charge in [0.2, 0.25) is 0 Å². The summed E-state index contributed by atoms with van der Waals surface area (Å²) in [6.45, 7) is 1.64. The van der Waals surface area contributed by atoms with Crippen molar-refractivity contribution in [3.63, 3.8) is 0 Å². The van der Waals surface area contributed by atoms with E-state index in [9.17, 15) is 9.59 Å². The molecule has 1 amide bonds. The minimum atomic E-state index is -0.610. The molecule has 0 fully saturated rings. The van der Waals surface area contributed by atoms with Gasteiger partial charge >= 0.3 is 5.97 Å². The molecule has 0 unspecified atom stereocenters. The second kappa shape index (κ2) is 6.90. The van der Waals surface area contributed by atoms with E-state index >= 15 is 0 Å². The zero-order chi connectivity index (χ0) is 16.1. The lowest BCUT2D eigenvalue weighted by atomic mass is 10.1. The predicted molar refractivity (Wildman–Crippen MR) is 77.5 cm³/mol. The first kappa shape index (κ1) is 15.8. The molecule has 0 aliphatic carbocycles. The van der Waals surface area contributed by atoms with Crippen molar-refractivity contribution < 1.29 is 19.1 Å². The number of amides is 1. The van der Waals surface area contributed by atoms with Gasteiger partial charge in [0.05, 0.1) is 11.6 Å². The first-order valence-corrected chi connectivity index (χ1v) is 6.69. The number of hydrogen-bond acceptors (Lipinski definition) is 6. The van der Waals surface area contributed by atoms with Crippen LogP contribution in [-0.4, -0.2) is 40.5 Å². The lowest BCUT2D eigenvalue weighted by Crippen LogP contribution is -2.20. The van der Waals surface area contributed by atoms with Gasteiger partial charge in [-0.2, -0.15) is 10.3 Å². The van der Waals surface area contributed by atoms with Gasteiger partial charge in [-0.05, 0) is 25.1 Å². The summed E-state index contributed by atoms with van der Waals surface area (Å²) in [5.41, 5.74) is 5.91. The second-order valence-corrected chi connectivity index (χ2v) is 4.55. The number of nitrogens with zero attached hydrogens (tertiary/aromatic N) is 2. The van der Waals surface area contributed by atoms with Crippen LogP contribution in [0.1, 0.15) is 17.4 Å². The molecule has 0 radical (unpaired) electrons. The Hall–Kier alpha value is -2.61. The molecule has 0 saturated carbocycles. The fourth-order valence-electron chi connectivity index (χ4n) is 1.69. The first-order chi connectivity index (χ1) is 10.5. The molecular weight excluding hydrogens is 312 g/mol. The average molecular weight is 325 g/mol. The second-order valence-electron chi connectivity index (χ2n) is 4.14. The zero-order valence-electron chi connectivity index (χ0n) is 11.6. The van der Waals surface area contributed by atoms with E-state index in [1.807, 2.05) is 0 Å². The molecule has 0 bridgehead atoms. The summed E-state index contributed by atoms with van der Waals surface area (Å²) in [6, 6.07) is 4.71. The largest absolute Gasteiger partial charge is 0.482 e. The standard InChI is InChI=1S/C13H13ClN4O4/c1-2-21-13(20)12-11(16-18-17-12)7-3-4-9(8(14)5-7)22-6-10(15)19/h3-5H,2,6H2,1H3,(H2,15,19)(H,16,17,18). The fourth-order valence-corrected chi connectivity index (χ4v) is 1.92. The van der Waals surface area contributed by atoms with Crippen LogP contribution < -0.4 is 10.5 Å². The minimum absolute atomic E-state index is 0.0590. The van der Waals surface area contributed by atoms with E-state index in [1.165, 1.54) is 0 Å². The molecule has 22 heavy (non-hydrogen) atoms. The Morgan fingerprint density at radius 2 is 2.14 bits per heavy atom. The van der Waals surface area contributed by atoms with Gasteiger partial charge < -0.3 is 15.2 Å². The molecule has 0 spiro atoms. The number of carbonyl (C=O) groups is 2. The van der Waals surface area contributed by atoms with Gasteiger partial charge in [-0.15, -0.1) is 5.10 Å². The van der Waals surface area contributed by atoms with Gasteiger partial charge in [0.15, 0.2) is 12.3 Å². The van der Waals surface area contributed by atoms with Crippen LogP contribution in [0.2, 0.25) is 5.02 Å². The quantitative estimate of drug-likeness (QED) is 0.769. The summed E-state index contributed by atoms with van der Waals surface area (Å²) < 4.78 is 10.0. The Kier molecular flexibility index (Phi) is 4.95. The zero-order valence-corrected chi connectivity index (χ0v) is 12.4. The van der Waals surface area contributed by atoms with Crippen molar-refractivity contribution >= 4 is 23.5 Å². The first-order valence-electron chi connectivity index (χ1n) is 6.31. The van der Waals surface area contributed by atoms with Crippen molar-refractivity contribution in [3.05, 3.63) is 28.9 Å². The highest BCUT2D eigenvalue weighted by molar-refractivity contribution is 6.32. The van der Waals surface area contributed by atoms with Crippen LogP contribution in [0.5, 0.6) is 5.75 Å². The maximum atomic E-state index is 11.8. The van der Waals surface area contributed by atoms with Gasteiger partial charge in [-0.3, -0.25) is 4.79 Å². The van der Waals surface area contributed by atoms with E-state index < -0.39 is 11.9 Å². The SMILES string of the molecule is CCOC(=O)c1n[nH]nc1-c1ccc(OCC(N)=O)c(Cl)c1. The maximum absolute atomic E-state index is 11.8. The van der Waals surface area contributed by atoms with E-state index in [-0.39, 0.29) is 23.9 Å². The van der Waals surface area contributed by atoms with E-state index in [2.05, 4.69) is 15.4 Å². The summed E-state index contributed by atoms with van der Waals surface area (Å²) in [4.78, 5) is 22.5. The predicted octanol–water partition coefficient (Wildman–Crippen LogP) is 1.17. The Balaban J connectivity index is 2.27. The molecule has 0 atom stereocenters. The Morgan fingerprint density at radius 3 is 2.77 bits per heavy atom. The third kappa shape index (κ3) is 3.53. The van der Waals surface area contributed by atoms with Crippen LogP contribution >= 0.6 is 11.6 Å². The van der Waals surface area contributed by atoms with Crippen molar-refractivity contribution in [3.8, 4) is 17.0 Å². The van der Waals surface area contributed by atoms with E-state index in [0.29, 0.717) is 17.0 Å². The number of H-pyrrole nitrogens is 1. The number of benzene rings is 1. The highest BCUT2D eigenvalue weighted by Gasteiger charge is 2.19. The van der Waals surface area contributed by atoms with E-state index in [1.54, 1.807) is 25.1 Å². The summed E-state index contributed by atoms with van der Waals surface area (Å²) in [7, 11) is 0. The Labute approximate surface area is 130 Å². The van der Waals surface area contributed by atoms with Crippen LogP contribution in [0.3, 0.4) is 0 Å². The highest BCUT2D eigenvalue weighted by atomic mass is 35.5. The molecule has 116 valence electrons. The van der Waals surface area contributed by atoms with Gasteiger partial charge in [0.25, 0.3) is 5.91 Å². The van der Waals surface area contributed by atoms with Crippen molar-refractivity contribution in [1.29, 1.82) is 0 Å². The molecule has 1 aromatic heterocycles. The molecule has 1 aromatic carbocycles. The molecule has 0 aliphatic heterocycles. The minimum Gasteiger partial charge on any atom is -0.482 e. The Morgan fingerprint density at radius 1 is 1.36 bits per heavy atom. The number of ether oxygens (including phenoxy) is 2. The van der Waals surface area contributed by atoms with Crippen LogP contribution in [0.25, 0.3) is 11.3 Å². The number of esters is 1. The number of primary amides is 1.